The van der Waals surface area contributed by atoms with E-state index in [2.05, 4.69) is 5.32 Å². The van der Waals surface area contributed by atoms with E-state index in [1.165, 1.54) is 12.1 Å². The maximum atomic E-state index is 12.8. The molecular weight excluding hydrogens is 209 g/mol. The largest absolute Gasteiger partial charge is 0.412 e. The summed E-state index contributed by atoms with van der Waals surface area (Å²) in [4.78, 5) is 0. The number of nitrogens with one attached hydrogen (secondary N) is 1. The standard InChI is InChI=1S/C12H16FNO.H2O/c13-11-3-1-9(2-4-11)12-5-6-14-7-10(12)8-15;/h1-4,10,12,14-15H,5-8H2;1H2/t10-,12-;/m0./s1. The van der Waals surface area contributed by atoms with Gasteiger partial charge in [0.15, 0.2) is 0 Å². The summed E-state index contributed by atoms with van der Waals surface area (Å²) in [6, 6.07) is 6.64. The van der Waals surface area contributed by atoms with Crippen LogP contribution >= 0.6 is 0 Å². The highest BCUT2D eigenvalue weighted by atomic mass is 19.1. The van der Waals surface area contributed by atoms with Crippen molar-refractivity contribution in [3.05, 3.63) is 35.6 Å². The Hall–Kier alpha value is -0.970. The van der Waals surface area contributed by atoms with E-state index >= 15 is 0 Å². The Morgan fingerprint density at radius 1 is 1.31 bits per heavy atom. The Morgan fingerprint density at radius 3 is 2.62 bits per heavy atom. The normalized spacial score (nSPS) is 24.9. The van der Waals surface area contributed by atoms with Gasteiger partial charge in [-0.25, -0.2) is 4.39 Å². The molecule has 0 amide bonds. The molecule has 0 spiro atoms. The lowest BCUT2D eigenvalue weighted by molar-refractivity contribution is 0.179. The fourth-order valence-electron chi connectivity index (χ4n) is 2.26. The molecule has 1 heterocycles. The lowest BCUT2D eigenvalue weighted by Crippen LogP contribution is -2.37. The van der Waals surface area contributed by atoms with Crippen molar-refractivity contribution in [1.82, 2.24) is 5.32 Å². The van der Waals surface area contributed by atoms with Crippen molar-refractivity contribution in [3.8, 4) is 0 Å². The summed E-state index contributed by atoms with van der Waals surface area (Å²) in [5.41, 5.74) is 1.14. The van der Waals surface area contributed by atoms with Gasteiger partial charge in [-0.15, -0.1) is 0 Å². The van der Waals surface area contributed by atoms with Gasteiger partial charge >= 0.3 is 0 Å². The van der Waals surface area contributed by atoms with Crippen LogP contribution in [0.3, 0.4) is 0 Å². The maximum Gasteiger partial charge on any atom is 0.123 e. The monoisotopic (exact) mass is 227 g/mol. The van der Waals surface area contributed by atoms with E-state index in [-0.39, 0.29) is 23.8 Å². The van der Waals surface area contributed by atoms with Gasteiger partial charge in [-0.05, 0) is 36.6 Å². The molecule has 3 nitrogen and oxygen atoms in total. The summed E-state index contributed by atoms with van der Waals surface area (Å²) in [5.74, 6) is 0.411. The number of halogens is 1. The lowest BCUT2D eigenvalue weighted by Gasteiger charge is -2.31. The molecule has 4 N–H and O–H groups in total. The molecule has 90 valence electrons. The van der Waals surface area contributed by atoms with E-state index in [1.54, 1.807) is 0 Å². The molecule has 0 aromatic heterocycles. The quantitative estimate of drug-likeness (QED) is 0.780. The predicted molar refractivity (Wildman–Crippen MR) is 60.8 cm³/mol. The topological polar surface area (TPSA) is 63.8 Å². The van der Waals surface area contributed by atoms with Gasteiger partial charge in [-0.2, -0.15) is 0 Å². The molecule has 0 radical (unpaired) electrons. The molecule has 1 aliphatic heterocycles. The third kappa shape index (κ3) is 2.78. The molecule has 1 aromatic rings. The molecule has 4 heteroatoms. The van der Waals surface area contributed by atoms with Crippen molar-refractivity contribution < 1.29 is 15.0 Å². The zero-order valence-corrected chi connectivity index (χ0v) is 9.12. The summed E-state index contributed by atoms with van der Waals surface area (Å²) >= 11 is 0. The average Bonchev–Trinajstić information content (AvgIpc) is 2.30. The highest BCUT2D eigenvalue weighted by Gasteiger charge is 2.25. The van der Waals surface area contributed by atoms with Crippen molar-refractivity contribution in [2.24, 2.45) is 5.92 Å². The third-order valence-corrected chi connectivity index (χ3v) is 3.14. The van der Waals surface area contributed by atoms with Crippen LogP contribution in [0.1, 0.15) is 17.9 Å². The first-order valence-corrected chi connectivity index (χ1v) is 5.38. The fourth-order valence-corrected chi connectivity index (χ4v) is 2.26. The number of hydrogen-bond donors (Lipinski definition) is 2. The summed E-state index contributed by atoms with van der Waals surface area (Å²) in [6.07, 6.45) is 1.01. The maximum absolute atomic E-state index is 12.8. The molecule has 16 heavy (non-hydrogen) atoms. The van der Waals surface area contributed by atoms with Gasteiger partial charge in [0, 0.05) is 19.1 Å². The van der Waals surface area contributed by atoms with E-state index in [0.717, 1.165) is 25.1 Å². The van der Waals surface area contributed by atoms with Crippen LogP contribution in [0.4, 0.5) is 4.39 Å². The second-order valence-corrected chi connectivity index (χ2v) is 4.09. The van der Waals surface area contributed by atoms with Crippen LogP contribution in [0.15, 0.2) is 24.3 Å². The van der Waals surface area contributed by atoms with Gasteiger partial charge in [0.25, 0.3) is 0 Å². The Balaban J connectivity index is 0.00000128. The summed E-state index contributed by atoms with van der Waals surface area (Å²) in [6.45, 7) is 2.01. The molecule has 0 saturated carbocycles. The zero-order valence-electron chi connectivity index (χ0n) is 9.12. The van der Waals surface area contributed by atoms with Gasteiger partial charge in [-0.1, -0.05) is 12.1 Å². The number of aliphatic hydroxyl groups excluding tert-OH is 1. The Bertz CT molecular complexity index is 315. The van der Waals surface area contributed by atoms with Crippen LogP contribution in [0.5, 0.6) is 0 Å². The number of aliphatic hydroxyl groups is 1. The molecule has 0 bridgehead atoms. The van der Waals surface area contributed by atoms with Crippen molar-refractivity contribution in [3.63, 3.8) is 0 Å². The van der Waals surface area contributed by atoms with Crippen molar-refractivity contribution in [2.45, 2.75) is 12.3 Å². The van der Waals surface area contributed by atoms with Crippen LogP contribution in [-0.2, 0) is 0 Å². The molecule has 1 saturated heterocycles. The molecule has 0 aliphatic carbocycles. The van der Waals surface area contributed by atoms with Gasteiger partial charge in [-0.3, -0.25) is 0 Å². The van der Waals surface area contributed by atoms with Crippen molar-refractivity contribution >= 4 is 0 Å². The number of rotatable bonds is 2. The van der Waals surface area contributed by atoms with E-state index in [0.29, 0.717) is 5.92 Å². The van der Waals surface area contributed by atoms with E-state index in [9.17, 15) is 9.50 Å². The second-order valence-electron chi connectivity index (χ2n) is 4.09. The second kappa shape index (κ2) is 5.94. The van der Waals surface area contributed by atoms with E-state index in [1.807, 2.05) is 12.1 Å². The first kappa shape index (κ1) is 13.1. The zero-order chi connectivity index (χ0) is 10.7. The first-order valence-electron chi connectivity index (χ1n) is 5.38. The number of hydrogen-bond acceptors (Lipinski definition) is 2. The summed E-state index contributed by atoms with van der Waals surface area (Å²) in [5, 5.41) is 12.5. The highest BCUT2D eigenvalue weighted by Crippen LogP contribution is 2.29. The molecule has 1 aliphatic rings. The van der Waals surface area contributed by atoms with E-state index < -0.39 is 0 Å². The highest BCUT2D eigenvalue weighted by molar-refractivity contribution is 5.22. The van der Waals surface area contributed by atoms with Crippen molar-refractivity contribution in [2.75, 3.05) is 19.7 Å². The predicted octanol–water partition coefficient (Wildman–Crippen LogP) is 0.686. The van der Waals surface area contributed by atoms with Crippen LogP contribution in [-0.4, -0.2) is 30.3 Å². The molecule has 1 aromatic carbocycles. The average molecular weight is 227 g/mol. The minimum absolute atomic E-state index is 0. The number of benzene rings is 1. The molecule has 2 rings (SSSR count). The van der Waals surface area contributed by atoms with Crippen molar-refractivity contribution in [1.29, 1.82) is 0 Å². The Labute approximate surface area is 94.6 Å². The minimum Gasteiger partial charge on any atom is -0.412 e. The van der Waals surface area contributed by atoms with E-state index in [4.69, 9.17) is 0 Å². The fraction of sp³-hybridized carbons (Fsp3) is 0.500. The first-order chi connectivity index (χ1) is 7.31. The molecule has 2 atom stereocenters. The van der Waals surface area contributed by atoms with Crippen LogP contribution in [0, 0.1) is 11.7 Å². The summed E-state index contributed by atoms with van der Waals surface area (Å²) < 4.78 is 12.8. The van der Waals surface area contributed by atoms with Gasteiger partial charge in [0.1, 0.15) is 5.82 Å². The van der Waals surface area contributed by atoms with Gasteiger partial charge in [0.05, 0.1) is 0 Å². The van der Waals surface area contributed by atoms with Crippen LogP contribution < -0.4 is 5.32 Å². The Morgan fingerprint density at radius 2 is 2.00 bits per heavy atom. The molecule has 0 unspecified atom stereocenters. The van der Waals surface area contributed by atoms with Crippen LogP contribution in [0.2, 0.25) is 0 Å². The van der Waals surface area contributed by atoms with Crippen LogP contribution in [0.25, 0.3) is 0 Å². The smallest absolute Gasteiger partial charge is 0.123 e. The third-order valence-electron chi connectivity index (χ3n) is 3.14. The van der Waals surface area contributed by atoms with Gasteiger partial charge in [0.2, 0.25) is 0 Å². The van der Waals surface area contributed by atoms with Gasteiger partial charge < -0.3 is 15.9 Å². The summed E-state index contributed by atoms with van der Waals surface area (Å²) in [7, 11) is 0. The minimum atomic E-state index is -0.201. The SMILES string of the molecule is O.OC[C@@H]1CNCC[C@H]1c1ccc(F)cc1. The lowest BCUT2D eigenvalue weighted by atomic mass is 9.82. The Kier molecular flexibility index (Phi) is 4.86. The molecular formula is C12H18FNO2. The molecule has 1 fully saturated rings. The number of piperidine rings is 1.